The number of hydrogen-bond donors (Lipinski definition) is 1. The number of aliphatic hydroxyl groups is 1. The largest absolute Gasteiger partial charge is 0.394 e. The molecule has 0 aromatic heterocycles. The van der Waals surface area contributed by atoms with E-state index >= 15 is 0 Å². The Labute approximate surface area is 110 Å². The van der Waals surface area contributed by atoms with Crippen LogP contribution in [0.25, 0.3) is 0 Å². The molecule has 1 radical (unpaired) electrons. The van der Waals surface area contributed by atoms with Crippen LogP contribution in [-0.2, 0) is 18.2 Å². The fourth-order valence-corrected chi connectivity index (χ4v) is 1.65. The fraction of sp³-hybridized carbons (Fsp3) is 0.600. The summed E-state index contributed by atoms with van der Waals surface area (Å²) in [4.78, 5) is 0. The molecular weight excluding hydrogens is 226 g/mol. The molecule has 0 amide bonds. The van der Waals surface area contributed by atoms with Gasteiger partial charge in [0.1, 0.15) is 0 Å². The van der Waals surface area contributed by atoms with Crippen LogP contribution in [0, 0.1) is 0 Å². The second-order valence-electron chi connectivity index (χ2n) is 5.43. The molecular formula is C15H24NO2. The predicted octanol–water partition coefficient (Wildman–Crippen LogP) is 2.95. The van der Waals surface area contributed by atoms with Gasteiger partial charge in [-0.05, 0) is 37.8 Å². The van der Waals surface area contributed by atoms with Crippen LogP contribution in [-0.4, -0.2) is 22.3 Å². The quantitative estimate of drug-likeness (QED) is 0.756. The number of unbranched alkanes of at least 4 members (excludes halogenated alkanes) is 1. The number of nitrogens with zero attached hydrogens (tertiary/aromatic N) is 1. The SMILES string of the molecule is CCCCc1ccc(CN([O])C(C)(C)CO)cc1. The lowest BCUT2D eigenvalue weighted by molar-refractivity contribution is -0.233. The summed E-state index contributed by atoms with van der Waals surface area (Å²) in [5.74, 6) is 0. The summed E-state index contributed by atoms with van der Waals surface area (Å²) in [6, 6.07) is 8.18. The number of aryl methyl sites for hydroxylation is 1. The Morgan fingerprint density at radius 3 is 2.22 bits per heavy atom. The van der Waals surface area contributed by atoms with Crippen molar-refractivity contribution in [3.05, 3.63) is 35.4 Å². The van der Waals surface area contributed by atoms with Gasteiger partial charge in [0.25, 0.3) is 0 Å². The van der Waals surface area contributed by atoms with Gasteiger partial charge in [0.15, 0.2) is 0 Å². The molecule has 0 aliphatic carbocycles. The molecule has 3 nitrogen and oxygen atoms in total. The molecule has 0 saturated heterocycles. The Balaban J connectivity index is 2.58. The smallest absolute Gasteiger partial charge is 0.0671 e. The Hall–Kier alpha value is -0.900. The Bertz CT molecular complexity index is 346. The van der Waals surface area contributed by atoms with Crippen LogP contribution in [0.1, 0.15) is 44.7 Å². The lowest BCUT2D eigenvalue weighted by Gasteiger charge is -2.29. The van der Waals surface area contributed by atoms with E-state index in [0.29, 0.717) is 6.54 Å². The fourth-order valence-electron chi connectivity index (χ4n) is 1.65. The minimum atomic E-state index is -0.721. The zero-order valence-electron chi connectivity index (χ0n) is 11.6. The van der Waals surface area contributed by atoms with Crippen LogP contribution < -0.4 is 0 Å². The van der Waals surface area contributed by atoms with Crippen molar-refractivity contribution in [2.75, 3.05) is 6.61 Å². The van der Waals surface area contributed by atoms with E-state index in [9.17, 15) is 5.21 Å². The monoisotopic (exact) mass is 250 g/mol. The van der Waals surface area contributed by atoms with Crippen molar-refractivity contribution in [1.29, 1.82) is 0 Å². The third-order valence-electron chi connectivity index (χ3n) is 3.23. The average molecular weight is 250 g/mol. The topological polar surface area (TPSA) is 43.4 Å². The van der Waals surface area contributed by atoms with Crippen molar-refractivity contribution < 1.29 is 10.3 Å². The second-order valence-corrected chi connectivity index (χ2v) is 5.43. The van der Waals surface area contributed by atoms with E-state index in [2.05, 4.69) is 19.1 Å². The third-order valence-corrected chi connectivity index (χ3v) is 3.23. The summed E-state index contributed by atoms with van der Waals surface area (Å²) < 4.78 is 0. The van der Waals surface area contributed by atoms with Gasteiger partial charge >= 0.3 is 0 Å². The number of hydroxylamine groups is 2. The highest BCUT2D eigenvalue weighted by Crippen LogP contribution is 2.16. The molecule has 0 fully saturated rings. The predicted molar refractivity (Wildman–Crippen MR) is 72.4 cm³/mol. The highest BCUT2D eigenvalue weighted by atomic mass is 16.5. The molecule has 0 bridgehead atoms. The van der Waals surface area contributed by atoms with Gasteiger partial charge in [-0.25, -0.2) is 0 Å². The molecule has 0 aliphatic rings. The molecule has 3 heteroatoms. The maximum Gasteiger partial charge on any atom is 0.0671 e. The van der Waals surface area contributed by atoms with Gasteiger partial charge in [0.05, 0.1) is 18.7 Å². The van der Waals surface area contributed by atoms with E-state index in [1.54, 1.807) is 13.8 Å². The van der Waals surface area contributed by atoms with Gasteiger partial charge in [-0.2, -0.15) is 0 Å². The number of benzene rings is 1. The number of aliphatic hydroxyl groups excluding tert-OH is 1. The van der Waals surface area contributed by atoms with E-state index in [0.717, 1.165) is 17.0 Å². The molecule has 18 heavy (non-hydrogen) atoms. The van der Waals surface area contributed by atoms with Crippen LogP contribution in [0.3, 0.4) is 0 Å². The van der Waals surface area contributed by atoms with Crippen LogP contribution in [0.4, 0.5) is 0 Å². The first-order valence-electron chi connectivity index (χ1n) is 6.63. The number of rotatable bonds is 7. The molecule has 101 valence electrons. The van der Waals surface area contributed by atoms with Crippen molar-refractivity contribution in [2.24, 2.45) is 0 Å². The third kappa shape index (κ3) is 4.41. The van der Waals surface area contributed by atoms with E-state index in [1.165, 1.54) is 18.4 Å². The summed E-state index contributed by atoms with van der Waals surface area (Å²) in [7, 11) is 0. The van der Waals surface area contributed by atoms with Crippen molar-refractivity contribution in [2.45, 2.75) is 52.1 Å². The Morgan fingerprint density at radius 2 is 1.72 bits per heavy atom. The van der Waals surface area contributed by atoms with Gasteiger partial charge in [0, 0.05) is 0 Å². The first kappa shape index (κ1) is 15.2. The summed E-state index contributed by atoms with van der Waals surface area (Å²) >= 11 is 0. The summed E-state index contributed by atoms with van der Waals surface area (Å²) in [6.45, 7) is 5.86. The van der Waals surface area contributed by atoms with Gasteiger partial charge < -0.3 is 5.11 Å². The first-order valence-corrected chi connectivity index (χ1v) is 6.63. The summed E-state index contributed by atoms with van der Waals surface area (Å²) in [6.07, 6.45) is 3.49. The van der Waals surface area contributed by atoms with Crippen molar-refractivity contribution in [3.8, 4) is 0 Å². The van der Waals surface area contributed by atoms with Crippen LogP contribution in [0.5, 0.6) is 0 Å². The Kier molecular flexibility index (Phi) is 5.79. The van der Waals surface area contributed by atoms with Crippen molar-refractivity contribution >= 4 is 0 Å². The highest BCUT2D eigenvalue weighted by molar-refractivity contribution is 5.22. The van der Waals surface area contributed by atoms with Gasteiger partial charge in [-0.15, -0.1) is 10.3 Å². The summed E-state index contributed by atoms with van der Waals surface area (Å²) in [5.41, 5.74) is 1.59. The second kappa shape index (κ2) is 6.88. The standard InChI is InChI=1S/C15H24NO2/c1-4-5-6-13-7-9-14(10-8-13)11-16(18)15(2,3)12-17/h7-10,17H,4-6,11-12H2,1-3H3. The summed E-state index contributed by atoms with van der Waals surface area (Å²) in [5, 5.41) is 22.0. The van der Waals surface area contributed by atoms with Crippen LogP contribution in [0.15, 0.2) is 24.3 Å². The molecule has 1 aromatic carbocycles. The lowest BCUT2D eigenvalue weighted by Crippen LogP contribution is -2.43. The van der Waals surface area contributed by atoms with Gasteiger partial charge in [-0.3, -0.25) is 0 Å². The highest BCUT2D eigenvalue weighted by Gasteiger charge is 2.25. The molecule has 1 rings (SSSR count). The molecule has 0 spiro atoms. The van der Waals surface area contributed by atoms with E-state index in [-0.39, 0.29) is 6.61 Å². The van der Waals surface area contributed by atoms with Gasteiger partial charge in [-0.1, -0.05) is 37.6 Å². The molecule has 0 heterocycles. The first-order chi connectivity index (χ1) is 8.49. The van der Waals surface area contributed by atoms with Gasteiger partial charge in [0.2, 0.25) is 0 Å². The molecule has 0 aliphatic heterocycles. The molecule has 1 aromatic rings. The minimum absolute atomic E-state index is 0.134. The molecule has 1 N–H and O–H groups in total. The molecule has 0 atom stereocenters. The molecule has 0 unspecified atom stereocenters. The zero-order valence-corrected chi connectivity index (χ0v) is 11.6. The molecule has 0 saturated carbocycles. The van der Waals surface area contributed by atoms with E-state index < -0.39 is 5.54 Å². The maximum atomic E-state index is 11.9. The van der Waals surface area contributed by atoms with Crippen molar-refractivity contribution in [1.82, 2.24) is 5.06 Å². The van der Waals surface area contributed by atoms with Crippen molar-refractivity contribution in [3.63, 3.8) is 0 Å². The van der Waals surface area contributed by atoms with E-state index in [4.69, 9.17) is 5.11 Å². The lowest BCUT2D eigenvalue weighted by atomic mass is 10.0. The zero-order chi connectivity index (χ0) is 13.6. The maximum absolute atomic E-state index is 11.9. The number of hydrogen-bond acceptors (Lipinski definition) is 2. The van der Waals surface area contributed by atoms with Crippen LogP contribution >= 0.6 is 0 Å². The minimum Gasteiger partial charge on any atom is -0.394 e. The van der Waals surface area contributed by atoms with E-state index in [1.807, 2.05) is 12.1 Å². The van der Waals surface area contributed by atoms with Crippen LogP contribution in [0.2, 0.25) is 0 Å². The average Bonchev–Trinajstić information content (AvgIpc) is 2.37. The Morgan fingerprint density at radius 1 is 1.17 bits per heavy atom. The normalized spacial score (nSPS) is 12.1.